The minimum atomic E-state index is -3.85. The zero-order valence-electron chi connectivity index (χ0n) is 17.4. The highest BCUT2D eigenvalue weighted by Crippen LogP contribution is 2.26. The first-order valence-corrected chi connectivity index (χ1v) is 11.8. The number of carbonyl (C=O) groups is 1. The SMILES string of the molecule is COC(=O)c1cc(S(=O)(=O)N[C@H](C)c2ccc(N3CCC[C@@H](C)C3)cc2)ccc1Cl. The van der Waals surface area contributed by atoms with E-state index in [1.54, 1.807) is 6.92 Å². The Morgan fingerprint density at radius 2 is 1.93 bits per heavy atom. The molecule has 1 N–H and O–H groups in total. The highest BCUT2D eigenvalue weighted by Gasteiger charge is 2.22. The third kappa shape index (κ3) is 5.14. The predicted octanol–water partition coefficient (Wildman–Crippen LogP) is 4.40. The standard InChI is InChI=1S/C22H27ClN2O4S/c1-15-5-4-12-25(14-15)18-8-6-17(7-9-18)16(2)24-30(27,28)19-10-11-21(23)20(13-19)22(26)29-3/h6-11,13,15-16,24H,4-5,12,14H2,1-3H3/t15-,16-/m1/s1. The summed E-state index contributed by atoms with van der Waals surface area (Å²) in [7, 11) is -2.64. The smallest absolute Gasteiger partial charge is 0.339 e. The lowest BCUT2D eigenvalue weighted by Gasteiger charge is -2.33. The number of benzene rings is 2. The molecule has 2 aromatic carbocycles. The van der Waals surface area contributed by atoms with E-state index in [1.165, 1.54) is 38.2 Å². The number of esters is 1. The molecule has 1 aliphatic heterocycles. The maximum absolute atomic E-state index is 12.8. The number of sulfonamides is 1. The number of methoxy groups -OCH3 is 1. The Labute approximate surface area is 183 Å². The van der Waals surface area contributed by atoms with Gasteiger partial charge in [0, 0.05) is 24.8 Å². The molecule has 30 heavy (non-hydrogen) atoms. The second kappa shape index (κ2) is 9.37. The predicted molar refractivity (Wildman–Crippen MR) is 119 cm³/mol. The molecule has 2 aromatic rings. The van der Waals surface area contributed by atoms with Gasteiger partial charge in [0.25, 0.3) is 0 Å². The van der Waals surface area contributed by atoms with Gasteiger partial charge in [-0.1, -0.05) is 30.7 Å². The fourth-order valence-electron chi connectivity index (χ4n) is 3.70. The molecule has 162 valence electrons. The quantitative estimate of drug-likeness (QED) is 0.660. The average Bonchev–Trinajstić information content (AvgIpc) is 2.73. The molecule has 0 bridgehead atoms. The van der Waals surface area contributed by atoms with Crippen LogP contribution in [0.4, 0.5) is 5.69 Å². The van der Waals surface area contributed by atoms with E-state index in [0.717, 1.165) is 24.3 Å². The van der Waals surface area contributed by atoms with Crippen molar-refractivity contribution in [1.29, 1.82) is 0 Å². The van der Waals surface area contributed by atoms with Gasteiger partial charge in [0.15, 0.2) is 0 Å². The summed E-state index contributed by atoms with van der Waals surface area (Å²) >= 11 is 5.99. The lowest BCUT2D eigenvalue weighted by atomic mass is 9.99. The van der Waals surface area contributed by atoms with E-state index in [9.17, 15) is 13.2 Å². The van der Waals surface area contributed by atoms with Crippen LogP contribution in [-0.4, -0.2) is 34.6 Å². The first-order chi connectivity index (χ1) is 14.2. The molecule has 0 unspecified atom stereocenters. The Bertz CT molecular complexity index is 1010. The molecule has 1 heterocycles. The fraction of sp³-hybridized carbons (Fsp3) is 0.409. The largest absolute Gasteiger partial charge is 0.465 e. The Morgan fingerprint density at radius 1 is 1.23 bits per heavy atom. The first kappa shape index (κ1) is 22.6. The normalized spacial score (nSPS) is 18.1. The average molecular weight is 451 g/mol. The Kier molecular flexibility index (Phi) is 7.06. The monoisotopic (exact) mass is 450 g/mol. The van der Waals surface area contributed by atoms with Gasteiger partial charge in [0.1, 0.15) is 0 Å². The van der Waals surface area contributed by atoms with E-state index in [0.29, 0.717) is 5.92 Å². The van der Waals surface area contributed by atoms with Crippen molar-refractivity contribution in [1.82, 2.24) is 4.72 Å². The van der Waals surface area contributed by atoms with E-state index in [1.807, 2.05) is 24.3 Å². The molecule has 8 heteroatoms. The number of rotatable bonds is 6. The summed E-state index contributed by atoms with van der Waals surface area (Å²) in [5.41, 5.74) is 2.02. The van der Waals surface area contributed by atoms with Gasteiger partial charge < -0.3 is 9.64 Å². The second-order valence-corrected chi connectivity index (χ2v) is 9.88. The van der Waals surface area contributed by atoms with Crippen molar-refractivity contribution in [3.8, 4) is 0 Å². The maximum Gasteiger partial charge on any atom is 0.339 e. The zero-order valence-corrected chi connectivity index (χ0v) is 19.0. The van der Waals surface area contributed by atoms with Crippen LogP contribution in [0.25, 0.3) is 0 Å². The Hall–Kier alpha value is -2.09. The topological polar surface area (TPSA) is 75.7 Å². The number of hydrogen-bond acceptors (Lipinski definition) is 5. The van der Waals surface area contributed by atoms with Crippen LogP contribution in [0.3, 0.4) is 0 Å². The van der Waals surface area contributed by atoms with Crippen molar-refractivity contribution in [2.24, 2.45) is 5.92 Å². The van der Waals surface area contributed by atoms with Crippen molar-refractivity contribution in [2.45, 2.75) is 37.6 Å². The highest BCUT2D eigenvalue weighted by atomic mass is 35.5. The zero-order chi connectivity index (χ0) is 21.9. The van der Waals surface area contributed by atoms with Crippen LogP contribution >= 0.6 is 11.6 Å². The van der Waals surface area contributed by atoms with Gasteiger partial charge in [0.05, 0.1) is 22.6 Å². The molecule has 1 fully saturated rings. The van der Waals surface area contributed by atoms with Crippen LogP contribution in [0.1, 0.15) is 48.7 Å². The second-order valence-electron chi connectivity index (χ2n) is 7.76. The highest BCUT2D eigenvalue weighted by molar-refractivity contribution is 7.89. The van der Waals surface area contributed by atoms with Crippen molar-refractivity contribution in [3.05, 3.63) is 58.6 Å². The molecular weight excluding hydrogens is 424 g/mol. The van der Waals surface area contributed by atoms with E-state index in [-0.39, 0.29) is 15.5 Å². The molecule has 0 radical (unpaired) electrons. The number of carbonyl (C=O) groups excluding carboxylic acids is 1. The molecule has 0 spiro atoms. The van der Waals surface area contributed by atoms with Gasteiger partial charge in [-0.15, -0.1) is 0 Å². The summed E-state index contributed by atoms with van der Waals surface area (Å²) in [6.45, 7) is 6.14. The number of hydrogen-bond donors (Lipinski definition) is 1. The lowest BCUT2D eigenvalue weighted by Crippen LogP contribution is -2.34. The fourth-order valence-corrected chi connectivity index (χ4v) is 5.16. The Morgan fingerprint density at radius 3 is 2.57 bits per heavy atom. The van der Waals surface area contributed by atoms with E-state index in [2.05, 4.69) is 21.3 Å². The number of ether oxygens (including phenoxy) is 1. The van der Waals surface area contributed by atoms with Gasteiger partial charge in [-0.3, -0.25) is 0 Å². The van der Waals surface area contributed by atoms with Gasteiger partial charge >= 0.3 is 5.97 Å². The van der Waals surface area contributed by atoms with Crippen molar-refractivity contribution in [2.75, 3.05) is 25.1 Å². The summed E-state index contributed by atoms with van der Waals surface area (Å²) in [5, 5.41) is 0.136. The van der Waals surface area contributed by atoms with Crippen LogP contribution < -0.4 is 9.62 Å². The maximum atomic E-state index is 12.8. The number of nitrogens with one attached hydrogen (secondary N) is 1. The third-order valence-electron chi connectivity index (χ3n) is 5.40. The number of halogens is 1. The molecule has 0 aliphatic carbocycles. The molecule has 2 atom stereocenters. The summed E-state index contributed by atoms with van der Waals surface area (Å²) in [6.07, 6.45) is 2.45. The van der Waals surface area contributed by atoms with Gasteiger partial charge in [-0.05, 0) is 61.6 Å². The van der Waals surface area contributed by atoms with Crippen molar-refractivity contribution in [3.63, 3.8) is 0 Å². The van der Waals surface area contributed by atoms with Crippen LogP contribution in [-0.2, 0) is 14.8 Å². The summed E-state index contributed by atoms with van der Waals surface area (Å²) in [6, 6.07) is 11.5. The van der Waals surface area contributed by atoms with Gasteiger partial charge in [-0.25, -0.2) is 17.9 Å². The molecule has 1 saturated heterocycles. The van der Waals surface area contributed by atoms with E-state index in [4.69, 9.17) is 11.6 Å². The third-order valence-corrected chi connectivity index (χ3v) is 7.27. The molecule has 6 nitrogen and oxygen atoms in total. The molecule has 0 aromatic heterocycles. The van der Waals surface area contributed by atoms with E-state index < -0.39 is 22.0 Å². The van der Waals surface area contributed by atoms with Gasteiger partial charge in [-0.2, -0.15) is 0 Å². The first-order valence-electron chi connectivity index (χ1n) is 9.96. The molecule has 0 amide bonds. The van der Waals surface area contributed by atoms with E-state index >= 15 is 0 Å². The molecular formula is C22H27ClN2O4S. The van der Waals surface area contributed by atoms with Crippen LogP contribution in [0.15, 0.2) is 47.4 Å². The summed E-state index contributed by atoms with van der Waals surface area (Å²) in [5.74, 6) is -0.00821. The number of anilines is 1. The van der Waals surface area contributed by atoms with Crippen molar-refractivity contribution >= 4 is 33.3 Å². The number of piperidine rings is 1. The van der Waals surface area contributed by atoms with Crippen LogP contribution in [0, 0.1) is 5.92 Å². The minimum absolute atomic E-state index is 0.00908. The van der Waals surface area contributed by atoms with Crippen LogP contribution in [0.5, 0.6) is 0 Å². The molecule has 1 aliphatic rings. The Balaban J connectivity index is 1.75. The summed E-state index contributed by atoms with van der Waals surface area (Å²) < 4.78 is 33.0. The minimum Gasteiger partial charge on any atom is -0.465 e. The molecule has 0 saturated carbocycles. The van der Waals surface area contributed by atoms with Gasteiger partial charge in [0.2, 0.25) is 10.0 Å². The molecule has 3 rings (SSSR count). The summed E-state index contributed by atoms with van der Waals surface area (Å²) in [4.78, 5) is 14.1. The lowest BCUT2D eigenvalue weighted by molar-refractivity contribution is 0.0600. The van der Waals surface area contributed by atoms with Crippen LogP contribution in [0.2, 0.25) is 5.02 Å². The van der Waals surface area contributed by atoms with Crippen molar-refractivity contribution < 1.29 is 17.9 Å². The number of nitrogens with zero attached hydrogens (tertiary/aromatic N) is 1.